The predicted molar refractivity (Wildman–Crippen MR) is 106 cm³/mol. The van der Waals surface area contributed by atoms with Crippen LogP contribution in [-0.4, -0.2) is 33.4 Å². The molecule has 148 valence electrons. The second-order valence-electron chi connectivity index (χ2n) is 6.67. The summed E-state index contributed by atoms with van der Waals surface area (Å²) >= 11 is 0. The molecule has 9 heteroatoms. The molecule has 1 N–H and O–H groups in total. The maximum atomic E-state index is 12.7. The number of rotatable bonds is 5. The van der Waals surface area contributed by atoms with E-state index in [1.54, 1.807) is 31.4 Å². The van der Waals surface area contributed by atoms with Gasteiger partial charge in [0.25, 0.3) is 0 Å². The Kier molecular flexibility index (Phi) is 4.63. The van der Waals surface area contributed by atoms with Crippen molar-refractivity contribution in [1.29, 1.82) is 0 Å². The van der Waals surface area contributed by atoms with Gasteiger partial charge in [0.2, 0.25) is 5.91 Å². The van der Waals surface area contributed by atoms with Crippen LogP contribution in [0.5, 0.6) is 5.75 Å². The number of anilines is 2. The van der Waals surface area contributed by atoms with E-state index < -0.39 is 17.6 Å². The fraction of sp³-hybridized carbons (Fsp3) is 0.200. The Labute approximate surface area is 166 Å². The Morgan fingerprint density at radius 2 is 1.79 bits per heavy atom. The first kappa shape index (κ1) is 18.5. The molecule has 0 unspecified atom stereocenters. The second-order valence-corrected chi connectivity index (χ2v) is 6.67. The van der Waals surface area contributed by atoms with E-state index in [-0.39, 0.29) is 13.1 Å². The predicted octanol–water partition coefficient (Wildman–Crippen LogP) is 1.99. The largest absolute Gasteiger partial charge is 0.497 e. The third-order valence-electron chi connectivity index (χ3n) is 4.64. The number of aryl methyl sites for hydroxylation is 1. The van der Waals surface area contributed by atoms with Crippen LogP contribution in [0.1, 0.15) is 11.4 Å². The van der Waals surface area contributed by atoms with E-state index in [1.807, 2.05) is 31.2 Å². The number of nitrogens with zero attached hydrogens (tertiary/aromatic N) is 4. The molecule has 0 saturated heterocycles. The van der Waals surface area contributed by atoms with Crippen molar-refractivity contribution in [2.24, 2.45) is 0 Å². The summed E-state index contributed by atoms with van der Waals surface area (Å²) in [5.41, 5.74) is 1.69. The SMILES string of the molecule is COc1ccc(NC(=O)Cn2nc3n(c2=O)C(=O)N(c2ccc(C)cc2)C3)cc1. The molecule has 2 amide bonds. The van der Waals surface area contributed by atoms with Gasteiger partial charge in [-0.3, -0.25) is 9.69 Å². The standard InChI is InChI=1S/C20H19N5O4/c1-13-3-7-15(8-4-13)23-11-17-22-24(20(28)25(17)19(23)27)12-18(26)21-14-5-9-16(29-2)10-6-14/h3-10H,11-12H2,1-2H3,(H,21,26). The van der Waals surface area contributed by atoms with Crippen LogP contribution in [0.4, 0.5) is 16.2 Å². The normalized spacial score (nSPS) is 12.8. The Morgan fingerprint density at radius 3 is 2.41 bits per heavy atom. The first-order valence-electron chi connectivity index (χ1n) is 8.97. The Bertz CT molecular complexity index is 1130. The summed E-state index contributed by atoms with van der Waals surface area (Å²) in [6.07, 6.45) is 0. The first-order valence-corrected chi connectivity index (χ1v) is 8.97. The Hall–Kier alpha value is -3.88. The van der Waals surface area contributed by atoms with Crippen molar-refractivity contribution in [3.05, 3.63) is 70.4 Å². The monoisotopic (exact) mass is 393 g/mol. The molecule has 0 bridgehead atoms. The van der Waals surface area contributed by atoms with E-state index in [0.29, 0.717) is 22.9 Å². The van der Waals surface area contributed by atoms with E-state index in [4.69, 9.17) is 4.74 Å². The minimum Gasteiger partial charge on any atom is -0.497 e. The molecule has 29 heavy (non-hydrogen) atoms. The zero-order chi connectivity index (χ0) is 20.5. The highest BCUT2D eigenvalue weighted by Crippen LogP contribution is 2.22. The average molecular weight is 393 g/mol. The van der Waals surface area contributed by atoms with Gasteiger partial charge in [0.05, 0.1) is 13.7 Å². The zero-order valence-corrected chi connectivity index (χ0v) is 16.0. The molecule has 0 atom stereocenters. The van der Waals surface area contributed by atoms with Crippen molar-refractivity contribution in [3.8, 4) is 5.75 Å². The van der Waals surface area contributed by atoms with Crippen molar-refractivity contribution in [2.75, 3.05) is 17.3 Å². The quantitative estimate of drug-likeness (QED) is 0.715. The molecule has 0 radical (unpaired) electrons. The number of ether oxygens (including phenoxy) is 1. The van der Waals surface area contributed by atoms with Crippen LogP contribution in [0.25, 0.3) is 0 Å². The van der Waals surface area contributed by atoms with Crippen LogP contribution < -0.4 is 20.6 Å². The van der Waals surface area contributed by atoms with Crippen molar-refractivity contribution in [3.63, 3.8) is 0 Å². The van der Waals surface area contributed by atoms with Gasteiger partial charge in [-0.05, 0) is 43.3 Å². The molecule has 4 rings (SSSR count). The molecule has 1 aromatic heterocycles. The van der Waals surface area contributed by atoms with Gasteiger partial charge in [-0.15, -0.1) is 0 Å². The average Bonchev–Trinajstić information content (AvgIpc) is 3.19. The minimum absolute atomic E-state index is 0.171. The van der Waals surface area contributed by atoms with Crippen LogP contribution in [0.2, 0.25) is 0 Å². The highest BCUT2D eigenvalue weighted by atomic mass is 16.5. The zero-order valence-electron chi connectivity index (χ0n) is 16.0. The summed E-state index contributed by atoms with van der Waals surface area (Å²) in [6.45, 7) is 1.84. The number of methoxy groups -OCH3 is 1. The Balaban J connectivity index is 1.48. The molecular formula is C20H19N5O4. The third-order valence-corrected chi connectivity index (χ3v) is 4.64. The van der Waals surface area contributed by atoms with Crippen molar-refractivity contribution in [2.45, 2.75) is 20.0 Å². The maximum absolute atomic E-state index is 12.7. The highest BCUT2D eigenvalue weighted by molar-refractivity contribution is 5.96. The highest BCUT2D eigenvalue weighted by Gasteiger charge is 2.33. The number of aromatic nitrogens is 3. The van der Waals surface area contributed by atoms with Gasteiger partial charge in [-0.1, -0.05) is 17.7 Å². The topological polar surface area (TPSA) is 98.5 Å². The van der Waals surface area contributed by atoms with Gasteiger partial charge >= 0.3 is 11.7 Å². The molecule has 0 saturated carbocycles. The molecule has 1 aliphatic rings. The first-order chi connectivity index (χ1) is 14.0. The maximum Gasteiger partial charge on any atom is 0.354 e. The smallest absolute Gasteiger partial charge is 0.354 e. The fourth-order valence-corrected chi connectivity index (χ4v) is 3.12. The van der Waals surface area contributed by atoms with Crippen molar-refractivity contribution >= 4 is 23.3 Å². The molecule has 3 aromatic rings. The van der Waals surface area contributed by atoms with Gasteiger partial charge < -0.3 is 10.1 Å². The number of benzene rings is 2. The summed E-state index contributed by atoms with van der Waals surface area (Å²) in [4.78, 5) is 39.0. The van der Waals surface area contributed by atoms with E-state index in [9.17, 15) is 14.4 Å². The van der Waals surface area contributed by atoms with Gasteiger partial charge in [-0.2, -0.15) is 9.67 Å². The number of nitrogens with one attached hydrogen (secondary N) is 1. The van der Waals surface area contributed by atoms with E-state index in [1.165, 1.54) is 4.90 Å². The number of hydrogen-bond donors (Lipinski definition) is 1. The lowest BCUT2D eigenvalue weighted by molar-refractivity contribution is -0.117. The van der Waals surface area contributed by atoms with E-state index in [2.05, 4.69) is 10.4 Å². The number of carbonyl (C=O) groups excluding carboxylic acids is 2. The molecular weight excluding hydrogens is 374 g/mol. The molecule has 2 heterocycles. The molecule has 0 spiro atoms. The van der Waals surface area contributed by atoms with Gasteiger partial charge in [0.1, 0.15) is 12.3 Å². The van der Waals surface area contributed by atoms with Crippen molar-refractivity contribution < 1.29 is 14.3 Å². The lowest BCUT2D eigenvalue weighted by atomic mass is 10.2. The summed E-state index contributed by atoms with van der Waals surface area (Å²) < 4.78 is 7.07. The summed E-state index contributed by atoms with van der Waals surface area (Å²) in [5.74, 6) is 0.552. The molecule has 1 aliphatic heterocycles. The number of amides is 2. The molecule has 0 fully saturated rings. The van der Waals surface area contributed by atoms with Crippen LogP contribution in [0, 0.1) is 6.92 Å². The second kappa shape index (κ2) is 7.27. The lowest BCUT2D eigenvalue weighted by Crippen LogP contribution is -2.36. The van der Waals surface area contributed by atoms with Crippen LogP contribution in [0.3, 0.4) is 0 Å². The molecule has 0 aliphatic carbocycles. The number of hydrogen-bond acceptors (Lipinski definition) is 5. The summed E-state index contributed by atoms with van der Waals surface area (Å²) in [6, 6.07) is 13.8. The minimum atomic E-state index is -0.635. The molecule has 9 nitrogen and oxygen atoms in total. The summed E-state index contributed by atoms with van der Waals surface area (Å²) in [5, 5.41) is 6.85. The van der Waals surface area contributed by atoms with E-state index in [0.717, 1.165) is 14.8 Å². The van der Waals surface area contributed by atoms with Gasteiger partial charge in [0, 0.05) is 11.4 Å². The lowest BCUT2D eigenvalue weighted by Gasteiger charge is -2.15. The van der Waals surface area contributed by atoms with Crippen LogP contribution in [-0.2, 0) is 17.9 Å². The third kappa shape index (κ3) is 3.49. The van der Waals surface area contributed by atoms with Gasteiger partial charge in [-0.25, -0.2) is 14.3 Å². The summed E-state index contributed by atoms with van der Waals surface area (Å²) in [7, 11) is 1.55. The number of fused-ring (bicyclic) bond motifs is 1. The number of carbonyl (C=O) groups is 2. The van der Waals surface area contributed by atoms with Crippen LogP contribution >= 0.6 is 0 Å². The van der Waals surface area contributed by atoms with Gasteiger partial charge in [0.15, 0.2) is 5.82 Å². The van der Waals surface area contributed by atoms with E-state index >= 15 is 0 Å². The van der Waals surface area contributed by atoms with Crippen LogP contribution in [0.15, 0.2) is 53.3 Å². The molecule has 2 aromatic carbocycles. The fourth-order valence-electron chi connectivity index (χ4n) is 3.12. The Morgan fingerprint density at radius 1 is 1.10 bits per heavy atom. The van der Waals surface area contributed by atoms with Crippen molar-refractivity contribution in [1.82, 2.24) is 14.3 Å².